The van der Waals surface area contributed by atoms with Crippen LogP contribution in [0.25, 0.3) is 27.1 Å². The van der Waals surface area contributed by atoms with Crippen molar-refractivity contribution in [3.8, 4) is 22.1 Å². The Kier molecular flexibility index (Phi) is 2.36. The minimum absolute atomic E-state index is 0.640. The molecule has 4 rings (SSSR count). The van der Waals surface area contributed by atoms with Crippen LogP contribution in [0.1, 0.15) is 5.69 Å². The molecule has 0 atom stereocenters. The van der Waals surface area contributed by atoms with Crippen LogP contribution in [0, 0.1) is 6.92 Å². The van der Waals surface area contributed by atoms with E-state index < -0.39 is 0 Å². The highest BCUT2D eigenvalue weighted by molar-refractivity contribution is 7.19. The van der Waals surface area contributed by atoms with Crippen molar-refractivity contribution in [1.82, 2.24) is 35.0 Å². The molecule has 4 aromatic rings. The molecule has 0 aliphatic carbocycles. The third-order valence-electron chi connectivity index (χ3n) is 2.85. The van der Waals surface area contributed by atoms with Gasteiger partial charge in [0.2, 0.25) is 10.8 Å². The fourth-order valence-electron chi connectivity index (χ4n) is 1.92. The van der Waals surface area contributed by atoms with E-state index in [0.717, 1.165) is 26.9 Å². The van der Waals surface area contributed by atoms with Gasteiger partial charge in [0.15, 0.2) is 0 Å². The largest absolute Gasteiger partial charge is 0.282 e. The van der Waals surface area contributed by atoms with Gasteiger partial charge in [-0.25, -0.2) is 0 Å². The fourth-order valence-corrected chi connectivity index (χ4v) is 2.77. The molecule has 0 aliphatic rings. The van der Waals surface area contributed by atoms with Crippen LogP contribution in [0.15, 0.2) is 30.6 Å². The monoisotopic (exact) mass is 283 g/mol. The molecule has 0 saturated carbocycles. The van der Waals surface area contributed by atoms with Gasteiger partial charge in [-0.15, -0.1) is 10.2 Å². The number of aryl methyl sites for hydroxylation is 1. The Hall–Kier alpha value is -2.61. The predicted octanol–water partition coefficient (Wildman–Crippen LogP) is 1.95. The molecule has 0 spiro atoms. The Labute approximate surface area is 117 Å². The second-order valence-electron chi connectivity index (χ2n) is 4.30. The van der Waals surface area contributed by atoms with E-state index in [1.807, 2.05) is 25.1 Å². The standard InChI is InChI=1S/C12H9N7S/c1-7-6-9(15-14-7)10-16-17-12-19(10)18-11(20-12)8-2-4-13-5-3-8/h2-6H,1H3,(H,14,15). The molecule has 8 heteroatoms. The molecule has 0 bridgehead atoms. The van der Waals surface area contributed by atoms with Gasteiger partial charge in [0.25, 0.3) is 0 Å². The second-order valence-corrected chi connectivity index (χ2v) is 5.25. The predicted molar refractivity (Wildman–Crippen MR) is 74.2 cm³/mol. The number of nitrogens with zero attached hydrogens (tertiary/aromatic N) is 6. The molecule has 0 fully saturated rings. The summed E-state index contributed by atoms with van der Waals surface area (Å²) in [4.78, 5) is 4.75. The van der Waals surface area contributed by atoms with Gasteiger partial charge < -0.3 is 0 Å². The number of H-pyrrole nitrogens is 1. The summed E-state index contributed by atoms with van der Waals surface area (Å²) in [5, 5.41) is 20.8. The molecule has 98 valence electrons. The summed E-state index contributed by atoms with van der Waals surface area (Å²) in [7, 11) is 0. The number of aromatic amines is 1. The Morgan fingerprint density at radius 1 is 1.20 bits per heavy atom. The zero-order valence-corrected chi connectivity index (χ0v) is 11.3. The van der Waals surface area contributed by atoms with Crippen LogP contribution in [0.3, 0.4) is 0 Å². The highest BCUT2D eigenvalue weighted by Gasteiger charge is 2.15. The van der Waals surface area contributed by atoms with Crippen LogP contribution in [0.4, 0.5) is 0 Å². The number of hydrogen-bond donors (Lipinski definition) is 1. The molecule has 1 N–H and O–H groups in total. The first-order valence-electron chi connectivity index (χ1n) is 5.96. The average Bonchev–Trinajstić information content (AvgIpc) is 3.14. The van der Waals surface area contributed by atoms with Crippen LogP contribution < -0.4 is 0 Å². The van der Waals surface area contributed by atoms with Crippen molar-refractivity contribution >= 4 is 16.3 Å². The average molecular weight is 283 g/mol. The highest BCUT2D eigenvalue weighted by atomic mass is 32.1. The van der Waals surface area contributed by atoms with Gasteiger partial charge in [0.05, 0.1) is 0 Å². The number of aromatic nitrogens is 7. The van der Waals surface area contributed by atoms with Gasteiger partial charge >= 0.3 is 0 Å². The third kappa shape index (κ3) is 1.69. The van der Waals surface area contributed by atoms with E-state index in [1.54, 1.807) is 16.9 Å². The lowest BCUT2D eigenvalue weighted by molar-refractivity contribution is 0.952. The van der Waals surface area contributed by atoms with E-state index in [-0.39, 0.29) is 0 Å². The number of fused-ring (bicyclic) bond motifs is 1. The minimum Gasteiger partial charge on any atom is -0.282 e. The van der Waals surface area contributed by atoms with Crippen LogP contribution >= 0.6 is 11.3 Å². The molecule has 0 aliphatic heterocycles. The van der Waals surface area contributed by atoms with Crippen LogP contribution in [-0.2, 0) is 0 Å². The lowest BCUT2D eigenvalue weighted by Gasteiger charge is -1.92. The quantitative estimate of drug-likeness (QED) is 0.607. The number of hydrogen-bond acceptors (Lipinski definition) is 6. The summed E-state index contributed by atoms with van der Waals surface area (Å²) in [5.74, 6) is 0.640. The summed E-state index contributed by atoms with van der Waals surface area (Å²) in [6.07, 6.45) is 3.49. The maximum atomic E-state index is 4.56. The van der Waals surface area contributed by atoms with Crippen LogP contribution in [0.5, 0.6) is 0 Å². The number of nitrogens with one attached hydrogen (secondary N) is 1. The van der Waals surface area contributed by atoms with E-state index in [1.165, 1.54) is 11.3 Å². The van der Waals surface area contributed by atoms with Crippen molar-refractivity contribution < 1.29 is 0 Å². The van der Waals surface area contributed by atoms with Crippen molar-refractivity contribution in [1.29, 1.82) is 0 Å². The molecule has 20 heavy (non-hydrogen) atoms. The van der Waals surface area contributed by atoms with Crippen molar-refractivity contribution in [2.75, 3.05) is 0 Å². The molecular formula is C12H9N7S. The first-order valence-corrected chi connectivity index (χ1v) is 6.78. The molecule has 0 amide bonds. The number of rotatable bonds is 2. The van der Waals surface area contributed by atoms with Gasteiger partial charge in [-0.2, -0.15) is 14.7 Å². The molecular weight excluding hydrogens is 274 g/mol. The molecule has 4 aromatic heterocycles. The Balaban J connectivity index is 1.87. The zero-order chi connectivity index (χ0) is 13.5. The van der Waals surface area contributed by atoms with E-state index in [2.05, 4.69) is 30.5 Å². The van der Waals surface area contributed by atoms with E-state index in [0.29, 0.717) is 5.82 Å². The van der Waals surface area contributed by atoms with Gasteiger partial charge in [-0.1, -0.05) is 11.3 Å². The normalized spacial score (nSPS) is 11.2. The summed E-state index contributed by atoms with van der Waals surface area (Å²) in [6.45, 7) is 1.94. The maximum absolute atomic E-state index is 4.56. The minimum atomic E-state index is 0.640. The van der Waals surface area contributed by atoms with Gasteiger partial charge in [0, 0.05) is 23.7 Å². The topological polar surface area (TPSA) is 84.7 Å². The van der Waals surface area contributed by atoms with Crippen molar-refractivity contribution in [3.63, 3.8) is 0 Å². The first-order chi connectivity index (χ1) is 9.81. The van der Waals surface area contributed by atoms with Gasteiger partial charge in [0.1, 0.15) is 10.7 Å². The van der Waals surface area contributed by atoms with Crippen molar-refractivity contribution in [2.24, 2.45) is 0 Å². The fraction of sp³-hybridized carbons (Fsp3) is 0.0833. The molecule has 4 heterocycles. The summed E-state index contributed by atoms with van der Waals surface area (Å²) in [6, 6.07) is 5.76. The van der Waals surface area contributed by atoms with Crippen molar-refractivity contribution in [2.45, 2.75) is 6.92 Å². The Morgan fingerprint density at radius 2 is 2.05 bits per heavy atom. The SMILES string of the molecule is Cc1cc(-c2nnc3sc(-c4ccncc4)nn23)n[nH]1. The van der Waals surface area contributed by atoms with Gasteiger partial charge in [-0.3, -0.25) is 10.1 Å². The Bertz CT molecular complexity index is 874. The molecule has 0 unspecified atom stereocenters. The lowest BCUT2D eigenvalue weighted by Crippen LogP contribution is -1.91. The van der Waals surface area contributed by atoms with E-state index in [9.17, 15) is 0 Å². The molecule has 0 radical (unpaired) electrons. The highest BCUT2D eigenvalue weighted by Crippen LogP contribution is 2.26. The maximum Gasteiger partial charge on any atom is 0.235 e. The zero-order valence-electron chi connectivity index (χ0n) is 10.5. The summed E-state index contributed by atoms with van der Waals surface area (Å²) >= 11 is 1.49. The number of pyridine rings is 1. The molecule has 0 saturated heterocycles. The lowest BCUT2D eigenvalue weighted by atomic mass is 10.3. The first kappa shape index (κ1) is 11.2. The van der Waals surface area contributed by atoms with Crippen LogP contribution in [0.2, 0.25) is 0 Å². The van der Waals surface area contributed by atoms with Crippen molar-refractivity contribution in [3.05, 3.63) is 36.3 Å². The molecule has 0 aromatic carbocycles. The second kappa shape index (κ2) is 4.20. The van der Waals surface area contributed by atoms with E-state index >= 15 is 0 Å². The Morgan fingerprint density at radius 3 is 2.80 bits per heavy atom. The van der Waals surface area contributed by atoms with E-state index in [4.69, 9.17) is 0 Å². The summed E-state index contributed by atoms with van der Waals surface area (Å²) in [5.41, 5.74) is 2.72. The molecule has 7 nitrogen and oxygen atoms in total. The van der Waals surface area contributed by atoms with Crippen LogP contribution in [-0.4, -0.2) is 35.0 Å². The van der Waals surface area contributed by atoms with Gasteiger partial charge in [-0.05, 0) is 25.1 Å². The third-order valence-corrected chi connectivity index (χ3v) is 3.80. The smallest absolute Gasteiger partial charge is 0.235 e. The summed E-state index contributed by atoms with van der Waals surface area (Å²) < 4.78 is 1.72.